The molecule has 2 aliphatic rings. The van der Waals surface area contributed by atoms with Crippen molar-refractivity contribution in [3.05, 3.63) is 0 Å². The van der Waals surface area contributed by atoms with E-state index in [9.17, 15) is 9.59 Å². The van der Waals surface area contributed by atoms with Gasteiger partial charge in [-0.05, 0) is 38.5 Å². The zero-order valence-electron chi connectivity index (χ0n) is 12.1. The van der Waals surface area contributed by atoms with Crippen molar-refractivity contribution in [3.63, 3.8) is 0 Å². The Balaban J connectivity index is 1.88. The number of rotatable bonds is 3. The Labute approximate surface area is 120 Å². The van der Waals surface area contributed by atoms with Gasteiger partial charge in [0.25, 0.3) is 0 Å². The molecule has 1 aliphatic carbocycles. The molecule has 5 heteroatoms. The summed E-state index contributed by atoms with van der Waals surface area (Å²) in [6, 6.07) is 0.194. The average molecular weight is 282 g/mol. The number of likely N-dealkylation sites (tertiary alicyclic amines) is 1. The van der Waals surface area contributed by atoms with E-state index in [2.05, 4.69) is 5.32 Å². The fourth-order valence-corrected chi connectivity index (χ4v) is 3.34. The van der Waals surface area contributed by atoms with Crippen molar-refractivity contribution in [1.82, 2.24) is 10.2 Å². The molecule has 114 valence electrons. The Morgan fingerprint density at radius 3 is 2.45 bits per heavy atom. The zero-order chi connectivity index (χ0) is 14.4. The highest BCUT2D eigenvalue weighted by Gasteiger charge is 2.31. The van der Waals surface area contributed by atoms with Crippen molar-refractivity contribution < 1.29 is 14.7 Å². The van der Waals surface area contributed by atoms with Gasteiger partial charge >= 0.3 is 11.8 Å². The molecule has 0 aromatic heterocycles. The zero-order valence-corrected chi connectivity index (χ0v) is 12.1. The van der Waals surface area contributed by atoms with Crippen molar-refractivity contribution in [2.24, 2.45) is 0 Å². The van der Waals surface area contributed by atoms with Crippen LogP contribution in [0.5, 0.6) is 0 Å². The summed E-state index contributed by atoms with van der Waals surface area (Å²) in [4.78, 5) is 26.0. The highest BCUT2D eigenvalue weighted by atomic mass is 16.3. The molecule has 0 aromatic carbocycles. The summed E-state index contributed by atoms with van der Waals surface area (Å²) in [6.07, 6.45) is 8.95. The second-order valence-electron chi connectivity index (χ2n) is 5.97. The number of carbonyl (C=O) groups is 2. The van der Waals surface area contributed by atoms with Crippen molar-refractivity contribution in [2.45, 2.75) is 69.9 Å². The summed E-state index contributed by atoms with van der Waals surface area (Å²) in [6.45, 7) is 0.709. The van der Waals surface area contributed by atoms with Crippen LogP contribution in [0.3, 0.4) is 0 Å². The number of hydrogen-bond donors (Lipinski definition) is 2. The quantitative estimate of drug-likeness (QED) is 0.764. The number of nitrogens with one attached hydrogen (secondary N) is 1. The Kier molecular flexibility index (Phi) is 5.83. The van der Waals surface area contributed by atoms with E-state index < -0.39 is 11.8 Å². The molecule has 1 heterocycles. The largest absolute Gasteiger partial charge is 0.396 e. The maximum absolute atomic E-state index is 12.3. The Morgan fingerprint density at radius 2 is 1.75 bits per heavy atom. The number of carbonyl (C=O) groups excluding carboxylic acids is 2. The lowest BCUT2D eigenvalue weighted by molar-refractivity contribution is -0.149. The molecule has 20 heavy (non-hydrogen) atoms. The molecule has 2 fully saturated rings. The summed E-state index contributed by atoms with van der Waals surface area (Å²) in [5.74, 6) is -0.865. The monoisotopic (exact) mass is 282 g/mol. The maximum atomic E-state index is 12.3. The molecule has 1 atom stereocenters. The molecule has 0 spiro atoms. The van der Waals surface area contributed by atoms with Crippen LogP contribution in [0.15, 0.2) is 0 Å². The number of aliphatic hydroxyl groups is 1. The Bertz CT molecular complexity index is 338. The van der Waals surface area contributed by atoms with Crippen LogP contribution in [0.1, 0.15) is 57.8 Å². The van der Waals surface area contributed by atoms with Gasteiger partial charge in [-0.3, -0.25) is 9.59 Å². The molecule has 1 saturated heterocycles. The van der Waals surface area contributed by atoms with E-state index in [0.717, 1.165) is 44.9 Å². The minimum atomic E-state index is -0.457. The van der Waals surface area contributed by atoms with Gasteiger partial charge in [0.05, 0.1) is 0 Å². The molecule has 0 bridgehead atoms. The van der Waals surface area contributed by atoms with Crippen LogP contribution in [0, 0.1) is 0 Å². The third-order valence-electron chi connectivity index (χ3n) is 4.48. The van der Waals surface area contributed by atoms with Gasteiger partial charge in [-0.15, -0.1) is 0 Å². The summed E-state index contributed by atoms with van der Waals surface area (Å²) in [7, 11) is 0. The van der Waals surface area contributed by atoms with Crippen LogP contribution < -0.4 is 5.32 Å². The standard InChI is InChI=1S/C15H26N2O3/c18-11-9-13-8-4-5-10-17(13)15(20)14(19)16-12-6-2-1-3-7-12/h12-13,18H,1-11H2,(H,16,19). The number of piperidine rings is 1. The lowest BCUT2D eigenvalue weighted by Crippen LogP contribution is -2.52. The van der Waals surface area contributed by atoms with Crippen LogP contribution in [0.2, 0.25) is 0 Å². The van der Waals surface area contributed by atoms with Crippen LogP contribution >= 0.6 is 0 Å². The van der Waals surface area contributed by atoms with Gasteiger partial charge in [0.15, 0.2) is 0 Å². The Morgan fingerprint density at radius 1 is 1.05 bits per heavy atom. The lowest BCUT2D eigenvalue weighted by atomic mass is 9.95. The summed E-state index contributed by atoms with van der Waals surface area (Å²) >= 11 is 0. The highest BCUT2D eigenvalue weighted by Crippen LogP contribution is 2.20. The van der Waals surface area contributed by atoms with Crippen molar-refractivity contribution in [2.75, 3.05) is 13.2 Å². The smallest absolute Gasteiger partial charge is 0.312 e. The molecule has 0 aromatic rings. The van der Waals surface area contributed by atoms with E-state index in [-0.39, 0.29) is 18.7 Å². The minimum Gasteiger partial charge on any atom is -0.396 e. The van der Waals surface area contributed by atoms with Gasteiger partial charge in [-0.25, -0.2) is 0 Å². The average Bonchev–Trinajstić information content (AvgIpc) is 2.48. The molecule has 0 radical (unpaired) electrons. The van der Waals surface area contributed by atoms with Gasteiger partial charge in [0.1, 0.15) is 0 Å². The third kappa shape index (κ3) is 3.95. The van der Waals surface area contributed by atoms with Gasteiger partial charge in [0, 0.05) is 25.2 Å². The van der Waals surface area contributed by atoms with Gasteiger partial charge in [-0.1, -0.05) is 19.3 Å². The first-order valence-corrected chi connectivity index (χ1v) is 7.94. The van der Waals surface area contributed by atoms with Crippen LogP contribution in [0.4, 0.5) is 0 Å². The van der Waals surface area contributed by atoms with Gasteiger partial charge in [0.2, 0.25) is 0 Å². The molecule has 5 nitrogen and oxygen atoms in total. The molecular formula is C15H26N2O3. The minimum absolute atomic E-state index is 0.0263. The number of amides is 2. The van der Waals surface area contributed by atoms with E-state index in [4.69, 9.17) is 5.11 Å². The highest BCUT2D eigenvalue weighted by molar-refractivity contribution is 6.35. The SMILES string of the molecule is O=C(NC1CCCCC1)C(=O)N1CCCCC1CCO. The Hall–Kier alpha value is -1.10. The first kappa shape index (κ1) is 15.3. The second-order valence-corrected chi connectivity index (χ2v) is 5.97. The normalized spacial score (nSPS) is 24.4. The van der Waals surface area contributed by atoms with Crippen LogP contribution in [-0.4, -0.2) is 47.1 Å². The first-order chi connectivity index (χ1) is 9.72. The fraction of sp³-hybridized carbons (Fsp3) is 0.867. The molecule has 2 rings (SSSR count). The maximum Gasteiger partial charge on any atom is 0.312 e. The molecule has 2 amide bonds. The predicted octanol–water partition coefficient (Wildman–Crippen LogP) is 1.20. The van der Waals surface area contributed by atoms with Gasteiger partial charge < -0.3 is 15.3 Å². The van der Waals surface area contributed by atoms with Crippen molar-refractivity contribution >= 4 is 11.8 Å². The van der Waals surface area contributed by atoms with E-state index in [0.29, 0.717) is 13.0 Å². The van der Waals surface area contributed by atoms with E-state index in [1.54, 1.807) is 4.90 Å². The van der Waals surface area contributed by atoms with Gasteiger partial charge in [-0.2, -0.15) is 0 Å². The fourth-order valence-electron chi connectivity index (χ4n) is 3.34. The number of aliphatic hydroxyl groups excluding tert-OH is 1. The van der Waals surface area contributed by atoms with Crippen LogP contribution in [0.25, 0.3) is 0 Å². The number of nitrogens with zero attached hydrogens (tertiary/aromatic N) is 1. The van der Waals surface area contributed by atoms with E-state index >= 15 is 0 Å². The molecular weight excluding hydrogens is 256 g/mol. The topological polar surface area (TPSA) is 69.6 Å². The van der Waals surface area contributed by atoms with E-state index in [1.165, 1.54) is 6.42 Å². The van der Waals surface area contributed by atoms with E-state index in [1.807, 2.05) is 0 Å². The molecule has 2 N–H and O–H groups in total. The lowest BCUT2D eigenvalue weighted by Gasteiger charge is -2.35. The summed E-state index contributed by atoms with van der Waals surface area (Å²) < 4.78 is 0. The van der Waals surface area contributed by atoms with Crippen molar-refractivity contribution in [3.8, 4) is 0 Å². The summed E-state index contributed by atoms with van der Waals surface area (Å²) in [5, 5.41) is 12.0. The first-order valence-electron chi connectivity index (χ1n) is 7.94. The molecule has 1 unspecified atom stereocenters. The second kappa shape index (κ2) is 7.62. The molecule has 1 saturated carbocycles. The molecule has 1 aliphatic heterocycles. The summed E-state index contributed by atoms with van der Waals surface area (Å²) in [5.41, 5.74) is 0. The number of hydrogen-bond acceptors (Lipinski definition) is 3. The van der Waals surface area contributed by atoms with Crippen molar-refractivity contribution in [1.29, 1.82) is 0 Å². The predicted molar refractivity (Wildman–Crippen MR) is 76.1 cm³/mol. The van der Waals surface area contributed by atoms with Crippen LogP contribution in [-0.2, 0) is 9.59 Å². The third-order valence-corrected chi connectivity index (χ3v) is 4.48.